The van der Waals surface area contributed by atoms with Crippen LogP contribution in [0.3, 0.4) is 0 Å². The molecule has 1 aromatic rings. The summed E-state index contributed by atoms with van der Waals surface area (Å²) in [7, 11) is 1.71. The number of hydrogen-bond donors (Lipinski definition) is 3. The molecule has 1 atom stereocenters. The number of amides is 1. The summed E-state index contributed by atoms with van der Waals surface area (Å²) in [5.41, 5.74) is 2.51. The Bertz CT molecular complexity index is 620. The van der Waals surface area contributed by atoms with E-state index < -0.39 is 0 Å². The van der Waals surface area contributed by atoms with Gasteiger partial charge in [-0.3, -0.25) is 9.79 Å². The quantitative estimate of drug-likeness (QED) is 0.559. The smallest absolute Gasteiger partial charge is 0.239 e. The first kappa shape index (κ1) is 19.1. The number of nitrogens with zero attached hydrogens (tertiary/aromatic N) is 2. The number of benzene rings is 1. The summed E-state index contributed by atoms with van der Waals surface area (Å²) < 4.78 is 0. The van der Waals surface area contributed by atoms with Crippen LogP contribution in [-0.4, -0.2) is 50.1 Å². The Morgan fingerprint density at radius 3 is 2.68 bits per heavy atom. The Labute approximate surface area is 151 Å². The Kier molecular flexibility index (Phi) is 6.28. The molecule has 0 aliphatic carbocycles. The highest BCUT2D eigenvalue weighted by atomic mass is 16.2. The lowest BCUT2D eigenvalue weighted by Crippen LogP contribution is -2.49. The van der Waals surface area contributed by atoms with Crippen molar-refractivity contribution in [2.45, 2.75) is 45.7 Å². The molecule has 1 unspecified atom stereocenters. The third-order valence-electron chi connectivity index (χ3n) is 4.15. The number of nitrogens with one attached hydrogen (secondary N) is 3. The number of carbonyl (C=O) groups excluding carboxylic acids is 1. The first-order valence-corrected chi connectivity index (χ1v) is 8.90. The van der Waals surface area contributed by atoms with E-state index in [4.69, 9.17) is 0 Å². The molecule has 0 spiro atoms. The molecule has 1 aliphatic heterocycles. The van der Waals surface area contributed by atoms with Crippen LogP contribution in [-0.2, 0) is 11.2 Å². The topological polar surface area (TPSA) is 68.8 Å². The summed E-state index contributed by atoms with van der Waals surface area (Å²) >= 11 is 0. The Balaban J connectivity index is 1.77. The largest absolute Gasteiger partial charge is 0.367 e. The lowest BCUT2D eigenvalue weighted by molar-refractivity contribution is -0.121. The van der Waals surface area contributed by atoms with Crippen molar-refractivity contribution in [2.24, 2.45) is 4.99 Å². The summed E-state index contributed by atoms with van der Waals surface area (Å²) in [5, 5.41) is 9.26. The minimum atomic E-state index is -0.227. The fourth-order valence-electron chi connectivity index (χ4n) is 3.11. The van der Waals surface area contributed by atoms with Gasteiger partial charge in [0.15, 0.2) is 5.96 Å². The molecule has 0 fully saturated rings. The lowest BCUT2D eigenvalue weighted by Gasteiger charge is -2.25. The fraction of sp³-hybridized carbons (Fsp3) is 0.579. The molecule has 0 aromatic heterocycles. The number of para-hydroxylation sites is 1. The number of aliphatic imine (C=N–C) groups is 1. The average molecular weight is 345 g/mol. The average Bonchev–Trinajstić information content (AvgIpc) is 2.84. The lowest BCUT2D eigenvalue weighted by atomic mass is 10.1. The zero-order valence-corrected chi connectivity index (χ0v) is 16.0. The van der Waals surface area contributed by atoms with Crippen LogP contribution in [0.5, 0.6) is 0 Å². The molecular weight excluding hydrogens is 314 g/mol. The molecule has 25 heavy (non-hydrogen) atoms. The van der Waals surface area contributed by atoms with E-state index in [9.17, 15) is 4.79 Å². The molecular formula is C19H31N5O. The molecule has 6 heteroatoms. The van der Waals surface area contributed by atoms with E-state index >= 15 is 0 Å². The maximum absolute atomic E-state index is 11.9. The molecule has 0 saturated heterocycles. The summed E-state index contributed by atoms with van der Waals surface area (Å²) in [6.07, 6.45) is 1.09. The minimum Gasteiger partial charge on any atom is -0.367 e. The standard InChI is InChI=1S/C19H31N5O/c1-14-12-15-8-6-7-9-16(15)24(14)11-10-21-18(20-5)22-13-17(25)23-19(2,3)4/h6-9,14H,10-13H2,1-5H3,(H,23,25)(H2,20,21,22). The monoisotopic (exact) mass is 345 g/mol. The van der Waals surface area contributed by atoms with E-state index in [0.717, 1.165) is 19.5 Å². The van der Waals surface area contributed by atoms with Gasteiger partial charge in [0, 0.05) is 37.4 Å². The van der Waals surface area contributed by atoms with Gasteiger partial charge in [-0.05, 0) is 45.7 Å². The molecule has 1 aromatic carbocycles. The first-order chi connectivity index (χ1) is 11.8. The van der Waals surface area contributed by atoms with Crippen molar-refractivity contribution in [1.29, 1.82) is 0 Å². The molecule has 2 rings (SSSR count). The highest BCUT2D eigenvalue weighted by Crippen LogP contribution is 2.31. The molecule has 6 nitrogen and oxygen atoms in total. The second-order valence-electron chi connectivity index (χ2n) is 7.53. The SMILES string of the molecule is CN=C(NCCN1c2ccccc2CC1C)NCC(=O)NC(C)(C)C. The van der Waals surface area contributed by atoms with E-state index in [1.54, 1.807) is 7.05 Å². The zero-order valence-electron chi connectivity index (χ0n) is 16.0. The summed E-state index contributed by atoms with van der Waals surface area (Å²) in [6, 6.07) is 9.08. The maximum atomic E-state index is 11.9. The minimum absolute atomic E-state index is 0.0439. The fourth-order valence-corrected chi connectivity index (χ4v) is 3.11. The van der Waals surface area contributed by atoms with Crippen LogP contribution in [0, 0.1) is 0 Å². The van der Waals surface area contributed by atoms with Gasteiger partial charge >= 0.3 is 0 Å². The van der Waals surface area contributed by atoms with Gasteiger partial charge in [0.2, 0.25) is 5.91 Å². The third-order valence-corrected chi connectivity index (χ3v) is 4.15. The second kappa shape index (κ2) is 8.23. The van der Waals surface area contributed by atoms with Gasteiger partial charge in [0.05, 0.1) is 6.54 Å². The third kappa shape index (κ3) is 5.66. The normalized spacial score (nSPS) is 17.2. The van der Waals surface area contributed by atoms with E-state index in [0.29, 0.717) is 12.0 Å². The Hall–Kier alpha value is -2.24. The summed E-state index contributed by atoms with van der Waals surface area (Å²) in [5.74, 6) is 0.599. The highest BCUT2D eigenvalue weighted by Gasteiger charge is 2.24. The van der Waals surface area contributed by atoms with Crippen molar-refractivity contribution in [3.63, 3.8) is 0 Å². The van der Waals surface area contributed by atoms with Crippen LogP contribution in [0.4, 0.5) is 5.69 Å². The molecule has 138 valence electrons. The van der Waals surface area contributed by atoms with Crippen LogP contribution in [0.1, 0.15) is 33.3 Å². The van der Waals surface area contributed by atoms with Gasteiger partial charge in [-0.1, -0.05) is 18.2 Å². The van der Waals surface area contributed by atoms with Gasteiger partial charge in [-0.2, -0.15) is 0 Å². The number of hydrogen-bond acceptors (Lipinski definition) is 3. The van der Waals surface area contributed by atoms with Crippen molar-refractivity contribution in [1.82, 2.24) is 16.0 Å². The van der Waals surface area contributed by atoms with E-state index in [1.165, 1.54) is 11.3 Å². The van der Waals surface area contributed by atoms with Crippen LogP contribution in [0.25, 0.3) is 0 Å². The van der Waals surface area contributed by atoms with Gasteiger partial charge in [-0.15, -0.1) is 0 Å². The van der Waals surface area contributed by atoms with Crippen molar-refractivity contribution in [3.8, 4) is 0 Å². The van der Waals surface area contributed by atoms with Gasteiger partial charge in [0.1, 0.15) is 0 Å². The summed E-state index contributed by atoms with van der Waals surface area (Å²) in [4.78, 5) is 18.5. The number of guanidine groups is 1. The predicted molar refractivity (Wildman–Crippen MR) is 104 cm³/mol. The highest BCUT2D eigenvalue weighted by molar-refractivity contribution is 5.86. The predicted octanol–water partition coefficient (Wildman–Crippen LogP) is 1.52. The van der Waals surface area contributed by atoms with Crippen LogP contribution in [0.15, 0.2) is 29.3 Å². The van der Waals surface area contributed by atoms with Gasteiger partial charge in [0.25, 0.3) is 0 Å². The summed E-state index contributed by atoms with van der Waals surface area (Å²) in [6.45, 7) is 10.0. The maximum Gasteiger partial charge on any atom is 0.239 e. The van der Waals surface area contributed by atoms with E-state index in [1.807, 2.05) is 20.8 Å². The van der Waals surface area contributed by atoms with Gasteiger partial charge < -0.3 is 20.9 Å². The van der Waals surface area contributed by atoms with Crippen molar-refractivity contribution >= 4 is 17.6 Å². The van der Waals surface area contributed by atoms with E-state index in [2.05, 4.69) is 57.0 Å². The molecule has 1 aliphatic rings. The molecule has 1 heterocycles. The molecule has 0 saturated carbocycles. The van der Waals surface area contributed by atoms with E-state index in [-0.39, 0.29) is 18.0 Å². The van der Waals surface area contributed by atoms with Crippen molar-refractivity contribution < 1.29 is 4.79 Å². The number of carbonyl (C=O) groups is 1. The van der Waals surface area contributed by atoms with Crippen LogP contribution >= 0.6 is 0 Å². The number of anilines is 1. The number of rotatable bonds is 5. The molecule has 0 radical (unpaired) electrons. The van der Waals surface area contributed by atoms with Gasteiger partial charge in [-0.25, -0.2) is 0 Å². The van der Waals surface area contributed by atoms with Crippen LogP contribution < -0.4 is 20.9 Å². The number of fused-ring (bicyclic) bond motifs is 1. The van der Waals surface area contributed by atoms with Crippen molar-refractivity contribution in [2.75, 3.05) is 31.6 Å². The Morgan fingerprint density at radius 1 is 1.28 bits per heavy atom. The zero-order chi connectivity index (χ0) is 18.4. The van der Waals surface area contributed by atoms with Crippen molar-refractivity contribution in [3.05, 3.63) is 29.8 Å². The second-order valence-corrected chi connectivity index (χ2v) is 7.53. The molecule has 0 bridgehead atoms. The van der Waals surface area contributed by atoms with Crippen LogP contribution in [0.2, 0.25) is 0 Å². The Morgan fingerprint density at radius 2 is 2.00 bits per heavy atom. The molecule has 1 amide bonds. The molecule has 3 N–H and O–H groups in total. The first-order valence-electron chi connectivity index (χ1n) is 8.90.